The molecule has 3 heteroatoms. The monoisotopic (exact) mass is 284 g/mol. The lowest BCUT2D eigenvalue weighted by molar-refractivity contribution is 0.0883. The first-order valence-corrected chi connectivity index (χ1v) is 7.90. The maximum absolute atomic E-state index is 6.16. The third-order valence-electron chi connectivity index (χ3n) is 4.69. The minimum absolute atomic E-state index is 0.345. The number of fused-ring (bicyclic) bond motifs is 1. The van der Waals surface area contributed by atoms with Crippen LogP contribution in [0.4, 0.5) is 0 Å². The van der Waals surface area contributed by atoms with Gasteiger partial charge in [-0.3, -0.25) is 0 Å². The molecule has 1 heterocycles. The van der Waals surface area contributed by atoms with E-state index in [2.05, 4.69) is 37.0 Å². The fourth-order valence-electron chi connectivity index (χ4n) is 3.27. The molecule has 21 heavy (non-hydrogen) atoms. The average Bonchev–Trinajstić information content (AvgIpc) is 2.47. The van der Waals surface area contributed by atoms with Crippen molar-refractivity contribution in [3.8, 4) is 5.75 Å². The molecule has 1 aromatic heterocycles. The topological polar surface area (TPSA) is 35.0 Å². The molecule has 1 fully saturated rings. The summed E-state index contributed by atoms with van der Waals surface area (Å²) in [5.41, 5.74) is 1.32. The number of ether oxygens (including phenoxy) is 1. The van der Waals surface area contributed by atoms with Crippen LogP contribution in [-0.4, -0.2) is 16.3 Å². The number of rotatable bonds is 2. The summed E-state index contributed by atoms with van der Waals surface area (Å²) in [6.07, 6.45) is 6.90. The second-order valence-corrected chi connectivity index (χ2v) is 7.21. The number of hydrogen-bond acceptors (Lipinski definition) is 3. The lowest BCUT2D eigenvalue weighted by Gasteiger charge is -2.36. The Kier molecular flexibility index (Phi) is 3.83. The molecule has 1 aliphatic rings. The van der Waals surface area contributed by atoms with Crippen molar-refractivity contribution in [3.63, 3.8) is 0 Å². The van der Waals surface area contributed by atoms with Crippen molar-refractivity contribution >= 4 is 10.9 Å². The molecule has 3 rings (SSSR count). The molecule has 1 aliphatic carbocycles. The van der Waals surface area contributed by atoms with Gasteiger partial charge in [0.15, 0.2) is 0 Å². The second-order valence-electron chi connectivity index (χ2n) is 7.21. The first kappa shape index (κ1) is 14.3. The van der Waals surface area contributed by atoms with Crippen molar-refractivity contribution < 1.29 is 4.74 Å². The Balaban J connectivity index is 1.64. The van der Waals surface area contributed by atoms with Crippen molar-refractivity contribution in [1.29, 1.82) is 0 Å². The van der Waals surface area contributed by atoms with Gasteiger partial charge in [0, 0.05) is 11.5 Å². The molecule has 2 aromatic rings. The van der Waals surface area contributed by atoms with Gasteiger partial charge in [-0.15, -0.1) is 0 Å². The maximum Gasteiger partial charge on any atom is 0.121 e. The van der Waals surface area contributed by atoms with Crippen LogP contribution in [0.5, 0.6) is 5.75 Å². The molecule has 0 saturated heterocycles. The van der Waals surface area contributed by atoms with E-state index < -0.39 is 0 Å². The van der Waals surface area contributed by atoms with Crippen molar-refractivity contribution in [1.82, 2.24) is 10.2 Å². The highest BCUT2D eigenvalue weighted by Gasteiger charge is 2.30. The maximum atomic E-state index is 6.16. The van der Waals surface area contributed by atoms with Gasteiger partial charge in [-0.1, -0.05) is 20.8 Å². The normalized spacial score (nSPS) is 23.2. The molecular weight excluding hydrogens is 260 g/mol. The van der Waals surface area contributed by atoms with Gasteiger partial charge in [0.25, 0.3) is 0 Å². The van der Waals surface area contributed by atoms with Crippen LogP contribution in [0.1, 0.15) is 46.5 Å². The van der Waals surface area contributed by atoms with Gasteiger partial charge >= 0.3 is 0 Å². The highest BCUT2D eigenvalue weighted by atomic mass is 16.5. The molecule has 0 unspecified atom stereocenters. The summed E-state index contributed by atoms with van der Waals surface area (Å²) in [5, 5.41) is 9.19. The molecule has 0 atom stereocenters. The smallest absolute Gasteiger partial charge is 0.121 e. The number of benzene rings is 1. The number of aromatic nitrogens is 2. The highest BCUT2D eigenvalue weighted by molar-refractivity contribution is 5.79. The zero-order valence-corrected chi connectivity index (χ0v) is 13.2. The highest BCUT2D eigenvalue weighted by Crippen LogP contribution is 2.38. The van der Waals surface area contributed by atoms with Gasteiger partial charge in [0.1, 0.15) is 5.75 Å². The van der Waals surface area contributed by atoms with E-state index in [1.54, 1.807) is 6.20 Å². The fourth-order valence-corrected chi connectivity index (χ4v) is 3.27. The summed E-state index contributed by atoms with van der Waals surface area (Å²) in [4.78, 5) is 0. The number of nitrogens with zero attached hydrogens (tertiary/aromatic N) is 2. The van der Waals surface area contributed by atoms with Crippen LogP contribution in [0.2, 0.25) is 0 Å². The number of hydrogen-bond donors (Lipinski definition) is 0. The average molecular weight is 284 g/mol. The Bertz CT molecular complexity index is 610. The molecular formula is C18H24N2O. The largest absolute Gasteiger partial charge is 0.490 e. The lowest BCUT2D eigenvalue weighted by Crippen LogP contribution is -2.30. The summed E-state index contributed by atoms with van der Waals surface area (Å²) in [5.74, 6) is 1.74. The standard InChI is InChI=1S/C18H24N2O/c1-18(2,3)14-5-8-15(9-6-14)21-16-7-4-13-10-11-19-20-17(13)12-16/h4,7,10-12,14-15H,5-6,8-9H2,1-3H3. The van der Waals surface area contributed by atoms with E-state index >= 15 is 0 Å². The summed E-state index contributed by atoms with van der Waals surface area (Å²) >= 11 is 0. The third-order valence-corrected chi connectivity index (χ3v) is 4.69. The van der Waals surface area contributed by atoms with Crippen LogP contribution < -0.4 is 4.74 Å². The van der Waals surface area contributed by atoms with E-state index in [9.17, 15) is 0 Å². The molecule has 1 saturated carbocycles. The van der Waals surface area contributed by atoms with E-state index in [-0.39, 0.29) is 0 Å². The lowest BCUT2D eigenvalue weighted by atomic mass is 9.72. The van der Waals surface area contributed by atoms with Crippen molar-refractivity contribution in [3.05, 3.63) is 30.5 Å². The van der Waals surface area contributed by atoms with E-state index in [4.69, 9.17) is 4.74 Å². The van der Waals surface area contributed by atoms with Crippen LogP contribution in [0, 0.1) is 11.3 Å². The second kappa shape index (κ2) is 5.63. The molecule has 1 aromatic carbocycles. The van der Waals surface area contributed by atoms with Gasteiger partial charge in [-0.2, -0.15) is 10.2 Å². The van der Waals surface area contributed by atoms with Crippen molar-refractivity contribution in [2.75, 3.05) is 0 Å². The SMILES string of the molecule is CC(C)(C)C1CCC(Oc2ccc3ccnnc3c2)CC1. The van der Waals surface area contributed by atoms with E-state index in [0.717, 1.165) is 35.4 Å². The van der Waals surface area contributed by atoms with Gasteiger partial charge < -0.3 is 4.74 Å². The van der Waals surface area contributed by atoms with Crippen LogP contribution in [0.25, 0.3) is 10.9 Å². The Labute approximate surface area is 126 Å². The minimum Gasteiger partial charge on any atom is -0.490 e. The summed E-state index contributed by atoms with van der Waals surface area (Å²) in [6, 6.07) is 8.07. The minimum atomic E-state index is 0.345. The Morgan fingerprint density at radius 1 is 1.05 bits per heavy atom. The first-order chi connectivity index (χ1) is 10.0. The summed E-state index contributed by atoms with van der Waals surface area (Å²) in [6.45, 7) is 7.04. The zero-order valence-electron chi connectivity index (χ0n) is 13.2. The Morgan fingerprint density at radius 3 is 2.52 bits per heavy atom. The quantitative estimate of drug-likeness (QED) is 0.807. The molecule has 0 radical (unpaired) electrons. The molecule has 0 aliphatic heterocycles. The van der Waals surface area contributed by atoms with E-state index in [1.165, 1.54) is 12.8 Å². The summed E-state index contributed by atoms with van der Waals surface area (Å²) in [7, 11) is 0. The van der Waals surface area contributed by atoms with Gasteiger partial charge in [-0.25, -0.2) is 0 Å². The van der Waals surface area contributed by atoms with Crippen LogP contribution in [0.3, 0.4) is 0 Å². The van der Waals surface area contributed by atoms with Gasteiger partial charge in [0.05, 0.1) is 17.8 Å². The van der Waals surface area contributed by atoms with Crippen LogP contribution >= 0.6 is 0 Å². The molecule has 112 valence electrons. The van der Waals surface area contributed by atoms with Crippen molar-refractivity contribution in [2.45, 2.75) is 52.6 Å². The zero-order chi connectivity index (χ0) is 14.9. The third kappa shape index (κ3) is 3.34. The Hall–Kier alpha value is -1.64. The summed E-state index contributed by atoms with van der Waals surface area (Å²) < 4.78 is 6.16. The van der Waals surface area contributed by atoms with E-state index in [1.807, 2.05) is 18.2 Å². The molecule has 0 N–H and O–H groups in total. The van der Waals surface area contributed by atoms with Gasteiger partial charge in [0.2, 0.25) is 0 Å². The van der Waals surface area contributed by atoms with Crippen LogP contribution in [0.15, 0.2) is 30.5 Å². The predicted molar refractivity (Wildman–Crippen MR) is 85.4 cm³/mol. The predicted octanol–water partition coefficient (Wildman–Crippen LogP) is 4.61. The van der Waals surface area contributed by atoms with Crippen molar-refractivity contribution in [2.24, 2.45) is 11.3 Å². The fraction of sp³-hybridized carbons (Fsp3) is 0.556. The van der Waals surface area contributed by atoms with Gasteiger partial charge in [-0.05, 0) is 55.2 Å². The molecule has 0 amide bonds. The Morgan fingerprint density at radius 2 is 1.81 bits per heavy atom. The molecule has 0 spiro atoms. The molecule has 0 bridgehead atoms. The van der Waals surface area contributed by atoms with Crippen LogP contribution in [-0.2, 0) is 0 Å². The first-order valence-electron chi connectivity index (χ1n) is 7.90. The van der Waals surface area contributed by atoms with E-state index in [0.29, 0.717) is 11.5 Å². The molecule has 3 nitrogen and oxygen atoms in total.